The van der Waals surface area contributed by atoms with Crippen LogP contribution in [0.4, 0.5) is 0 Å². The number of nitrogens with one attached hydrogen (secondary N) is 1. The van der Waals surface area contributed by atoms with Crippen LogP contribution in [-0.4, -0.2) is 26.9 Å². The van der Waals surface area contributed by atoms with Crippen molar-refractivity contribution in [1.29, 1.82) is 0 Å². The maximum atomic E-state index is 13.3. The highest BCUT2D eigenvalue weighted by molar-refractivity contribution is 6.30. The van der Waals surface area contributed by atoms with Gasteiger partial charge in [-0.25, -0.2) is 0 Å². The number of rotatable bonds is 6. The van der Waals surface area contributed by atoms with E-state index >= 15 is 0 Å². The van der Waals surface area contributed by atoms with Gasteiger partial charge in [-0.15, -0.1) is 5.10 Å². The van der Waals surface area contributed by atoms with Crippen LogP contribution >= 0.6 is 11.6 Å². The molecule has 1 aromatic heterocycles. The van der Waals surface area contributed by atoms with Crippen molar-refractivity contribution >= 4 is 17.5 Å². The summed E-state index contributed by atoms with van der Waals surface area (Å²) >= 11 is 6.03. The minimum absolute atomic E-state index is 0.0129. The SMILES string of the molecule is CC(C)[C@H](Cn1ccnn1)NC(=O)C1(c2ccc(Cl)cc2)CCCC1. The second-order valence-electron chi connectivity index (χ2n) is 7.25. The number of aromatic nitrogens is 3. The molecule has 0 aliphatic heterocycles. The normalized spacial score (nSPS) is 17.6. The number of nitrogens with zero attached hydrogens (tertiary/aromatic N) is 3. The van der Waals surface area contributed by atoms with Gasteiger partial charge in [-0.2, -0.15) is 0 Å². The number of carbonyl (C=O) groups excluding carboxylic acids is 1. The molecule has 25 heavy (non-hydrogen) atoms. The Bertz CT molecular complexity index is 691. The Morgan fingerprint density at radius 2 is 1.96 bits per heavy atom. The van der Waals surface area contributed by atoms with Gasteiger partial charge in [0, 0.05) is 11.2 Å². The topological polar surface area (TPSA) is 59.8 Å². The van der Waals surface area contributed by atoms with Crippen LogP contribution in [0.5, 0.6) is 0 Å². The Labute approximate surface area is 153 Å². The van der Waals surface area contributed by atoms with Gasteiger partial charge in [0.1, 0.15) is 0 Å². The summed E-state index contributed by atoms with van der Waals surface area (Å²) in [5.41, 5.74) is 0.621. The van der Waals surface area contributed by atoms with Crippen LogP contribution < -0.4 is 5.32 Å². The van der Waals surface area contributed by atoms with Crippen LogP contribution in [0.3, 0.4) is 0 Å². The van der Waals surface area contributed by atoms with E-state index in [0.29, 0.717) is 17.5 Å². The van der Waals surface area contributed by atoms with Gasteiger partial charge in [0.05, 0.1) is 24.2 Å². The zero-order valence-corrected chi connectivity index (χ0v) is 15.5. The molecule has 1 heterocycles. The monoisotopic (exact) mass is 360 g/mol. The molecule has 0 saturated heterocycles. The molecule has 3 rings (SSSR count). The summed E-state index contributed by atoms with van der Waals surface area (Å²) in [5, 5.41) is 11.9. The second-order valence-corrected chi connectivity index (χ2v) is 7.68. The van der Waals surface area contributed by atoms with Gasteiger partial charge < -0.3 is 5.32 Å². The van der Waals surface area contributed by atoms with Crippen molar-refractivity contribution in [3.63, 3.8) is 0 Å². The van der Waals surface area contributed by atoms with Crippen molar-refractivity contribution in [2.75, 3.05) is 0 Å². The zero-order valence-electron chi connectivity index (χ0n) is 14.8. The molecule has 1 saturated carbocycles. The lowest BCUT2D eigenvalue weighted by atomic mass is 9.77. The van der Waals surface area contributed by atoms with E-state index in [4.69, 9.17) is 11.6 Å². The van der Waals surface area contributed by atoms with E-state index in [0.717, 1.165) is 31.2 Å². The molecule has 1 atom stereocenters. The highest BCUT2D eigenvalue weighted by Gasteiger charge is 2.43. The predicted molar refractivity (Wildman–Crippen MR) is 98.4 cm³/mol. The van der Waals surface area contributed by atoms with E-state index in [1.165, 1.54) is 0 Å². The van der Waals surface area contributed by atoms with Crippen molar-refractivity contribution in [2.24, 2.45) is 5.92 Å². The van der Waals surface area contributed by atoms with E-state index in [9.17, 15) is 4.79 Å². The zero-order chi connectivity index (χ0) is 17.9. The van der Waals surface area contributed by atoms with Crippen molar-refractivity contribution in [3.05, 3.63) is 47.2 Å². The van der Waals surface area contributed by atoms with Gasteiger partial charge in [-0.3, -0.25) is 9.48 Å². The molecular formula is C19H25ClN4O. The molecule has 0 radical (unpaired) electrons. The summed E-state index contributed by atoms with van der Waals surface area (Å²) in [4.78, 5) is 13.3. The molecule has 1 aromatic carbocycles. The highest BCUT2D eigenvalue weighted by atomic mass is 35.5. The molecule has 0 spiro atoms. The first kappa shape index (κ1) is 17.9. The predicted octanol–water partition coefficient (Wildman–Crippen LogP) is 3.58. The molecule has 0 unspecified atom stereocenters. The summed E-state index contributed by atoms with van der Waals surface area (Å²) in [6, 6.07) is 7.75. The van der Waals surface area contributed by atoms with Crippen molar-refractivity contribution < 1.29 is 4.79 Å². The minimum Gasteiger partial charge on any atom is -0.350 e. The van der Waals surface area contributed by atoms with Gasteiger partial charge in [-0.05, 0) is 36.5 Å². The van der Waals surface area contributed by atoms with E-state index in [1.807, 2.05) is 30.5 Å². The first-order valence-corrected chi connectivity index (χ1v) is 9.30. The second kappa shape index (κ2) is 7.56. The quantitative estimate of drug-likeness (QED) is 0.856. The molecule has 0 bridgehead atoms. The Balaban J connectivity index is 1.81. The maximum absolute atomic E-state index is 13.3. The van der Waals surface area contributed by atoms with Crippen molar-refractivity contribution in [2.45, 2.75) is 57.5 Å². The smallest absolute Gasteiger partial charge is 0.230 e. The van der Waals surface area contributed by atoms with E-state index in [1.54, 1.807) is 10.9 Å². The molecule has 1 amide bonds. The summed E-state index contributed by atoms with van der Waals surface area (Å²) in [7, 11) is 0. The third-order valence-electron chi connectivity index (χ3n) is 5.27. The molecule has 1 fully saturated rings. The summed E-state index contributed by atoms with van der Waals surface area (Å²) < 4.78 is 1.77. The van der Waals surface area contributed by atoms with Crippen molar-refractivity contribution in [1.82, 2.24) is 20.3 Å². The average molecular weight is 361 g/mol. The molecule has 2 aromatic rings. The Kier molecular flexibility index (Phi) is 5.42. The summed E-state index contributed by atoms with van der Waals surface area (Å²) in [6.07, 6.45) is 7.40. The minimum atomic E-state index is -0.444. The fourth-order valence-corrected chi connectivity index (χ4v) is 3.78. The molecular weight excluding hydrogens is 336 g/mol. The Morgan fingerprint density at radius 1 is 1.28 bits per heavy atom. The highest BCUT2D eigenvalue weighted by Crippen LogP contribution is 2.41. The van der Waals surface area contributed by atoms with Gasteiger partial charge in [0.15, 0.2) is 0 Å². The van der Waals surface area contributed by atoms with Crippen LogP contribution in [0.15, 0.2) is 36.7 Å². The van der Waals surface area contributed by atoms with E-state index < -0.39 is 5.41 Å². The number of halogens is 1. The molecule has 5 nitrogen and oxygen atoms in total. The number of hydrogen-bond acceptors (Lipinski definition) is 3. The third kappa shape index (κ3) is 3.87. The van der Waals surface area contributed by atoms with Gasteiger partial charge in [0.2, 0.25) is 5.91 Å². The van der Waals surface area contributed by atoms with Crippen molar-refractivity contribution in [3.8, 4) is 0 Å². The fraction of sp³-hybridized carbons (Fsp3) is 0.526. The summed E-state index contributed by atoms with van der Waals surface area (Å²) in [5.74, 6) is 0.419. The first-order chi connectivity index (χ1) is 12.0. The maximum Gasteiger partial charge on any atom is 0.230 e. The van der Waals surface area contributed by atoms with E-state index in [-0.39, 0.29) is 11.9 Å². The lowest BCUT2D eigenvalue weighted by molar-refractivity contribution is -0.127. The van der Waals surface area contributed by atoms with Crippen LogP contribution in [-0.2, 0) is 16.8 Å². The number of benzene rings is 1. The van der Waals surface area contributed by atoms with E-state index in [2.05, 4.69) is 29.5 Å². The lowest BCUT2D eigenvalue weighted by Crippen LogP contribution is -2.50. The van der Waals surface area contributed by atoms with Gasteiger partial charge in [0.25, 0.3) is 0 Å². The van der Waals surface area contributed by atoms with Gasteiger partial charge in [-0.1, -0.05) is 55.6 Å². The molecule has 1 N–H and O–H groups in total. The standard InChI is InChI=1S/C19H25ClN4O/c1-14(2)17(13-24-12-11-21-23-24)22-18(25)19(9-3-4-10-19)15-5-7-16(20)8-6-15/h5-8,11-12,14,17H,3-4,9-10,13H2,1-2H3,(H,22,25)/t17-/m0/s1. The van der Waals surface area contributed by atoms with Gasteiger partial charge >= 0.3 is 0 Å². The largest absolute Gasteiger partial charge is 0.350 e. The van der Waals surface area contributed by atoms with Crippen LogP contribution in [0.1, 0.15) is 45.1 Å². The third-order valence-corrected chi connectivity index (χ3v) is 5.52. The van der Waals surface area contributed by atoms with Crippen LogP contribution in [0.25, 0.3) is 0 Å². The van der Waals surface area contributed by atoms with Crippen LogP contribution in [0.2, 0.25) is 5.02 Å². The fourth-order valence-electron chi connectivity index (χ4n) is 3.66. The molecule has 6 heteroatoms. The average Bonchev–Trinajstić information content (AvgIpc) is 3.27. The number of carbonyl (C=O) groups is 1. The summed E-state index contributed by atoms with van der Waals surface area (Å²) in [6.45, 7) is 4.86. The Morgan fingerprint density at radius 3 is 2.52 bits per heavy atom. The first-order valence-electron chi connectivity index (χ1n) is 8.92. The van der Waals surface area contributed by atoms with Crippen LogP contribution in [0, 0.1) is 5.92 Å². The number of amides is 1. The molecule has 1 aliphatic carbocycles. The lowest BCUT2D eigenvalue weighted by Gasteiger charge is -2.32. The molecule has 134 valence electrons. The molecule has 1 aliphatic rings. The number of hydrogen-bond donors (Lipinski definition) is 1. The Hall–Kier alpha value is -1.88.